The van der Waals surface area contributed by atoms with Gasteiger partial charge in [0.1, 0.15) is 5.82 Å². The van der Waals surface area contributed by atoms with E-state index < -0.39 is 0 Å². The Morgan fingerprint density at radius 3 is 2.39 bits per heavy atom. The third-order valence-corrected chi connectivity index (χ3v) is 5.48. The molecule has 0 aromatic heterocycles. The van der Waals surface area contributed by atoms with Crippen molar-refractivity contribution < 1.29 is 14.0 Å². The molecule has 0 radical (unpaired) electrons. The maximum atomic E-state index is 13.9. The first-order chi connectivity index (χ1) is 13.5. The second-order valence-electron chi connectivity index (χ2n) is 6.51. The first kappa shape index (κ1) is 20.0. The molecule has 4 nitrogen and oxygen atoms in total. The number of halogens is 1. The van der Waals surface area contributed by atoms with Gasteiger partial charge in [-0.1, -0.05) is 30.2 Å². The summed E-state index contributed by atoms with van der Waals surface area (Å²) in [6.07, 6.45) is 0. The van der Waals surface area contributed by atoms with Crippen LogP contribution >= 0.6 is 11.8 Å². The molecule has 6 heteroatoms. The third kappa shape index (κ3) is 5.37. The second-order valence-corrected chi connectivity index (χ2v) is 7.53. The SMILES string of the molecule is Cc1ccc(SCC(=O)N2CCN(C(=O)C#Cc3ccccc3)CC2)c(F)c1. The summed E-state index contributed by atoms with van der Waals surface area (Å²) >= 11 is 1.20. The highest BCUT2D eigenvalue weighted by Gasteiger charge is 2.23. The molecule has 0 bridgehead atoms. The number of aryl methyl sites for hydroxylation is 1. The molecular weight excluding hydrogens is 375 g/mol. The van der Waals surface area contributed by atoms with Crippen molar-refractivity contribution in [1.29, 1.82) is 0 Å². The molecule has 0 aliphatic carbocycles. The Hall–Kier alpha value is -2.78. The lowest BCUT2D eigenvalue weighted by Crippen LogP contribution is -2.50. The minimum absolute atomic E-state index is 0.0487. The number of carbonyl (C=O) groups excluding carboxylic acids is 2. The number of nitrogens with zero attached hydrogens (tertiary/aromatic N) is 2. The summed E-state index contributed by atoms with van der Waals surface area (Å²) in [5.74, 6) is 5.12. The van der Waals surface area contributed by atoms with Crippen molar-refractivity contribution in [3.8, 4) is 11.8 Å². The summed E-state index contributed by atoms with van der Waals surface area (Å²) in [6.45, 7) is 3.67. The molecule has 0 saturated carbocycles. The van der Waals surface area contributed by atoms with E-state index in [1.54, 1.807) is 15.9 Å². The van der Waals surface area contributed by atoms with Crippen LogP contribution in [-0.4, -0.2) is 53.5 Å². The maximum absolute atomic E-state index is 13.9. The van der Waals surface area contributed by atoms with Gasteiger partial charge in [0.2, 0.25) is 5.91 Å². The van der Waals surface area contributed by atoms with Gasteiger partial charge in [-0.3, -0.25) is 9.59 Å². The average molecular weight is 396 g/mol. The van der Waals surface area contributed by atoms with Gasteiger partial charge < -0.3 is 9.80 Å². The molecule has 1 saturated heterocycles. The van der Waals surface area contributed by atoms with Crippen molar-refractivity contribution in [2.24, 2.45) is 0 Å². The highest BCUT2D eigenvalue weighted by atomic mass is 32.2. The largest absolute Gasteiger partial charge is 0.338 e. The van der Waals surface area contributed by atoms with E-state index in [0.717, 1.165) is 11.1 Å². The van der Waals surface area contributed by atoms with E-state index in [4.69, 9.17) is 0 Å². The third-order valence-electron chi connectivity index (χ3n) is 4.45. The Bertz CT molecular complexity index is 913. The van der Waals surface area contributed by atoms with Crippen molar-refractivity contribution in [2.75, 3.05) is 31.9 Å². The van der Waals surface area contributed by atoms with E-state index in [1.165, 1.54) is 17.8 Å². The first-order valence-electron chi connectivity index (χ1n) is 9.05. The Kier molecular flexibility index (Phi) is 6.72. The number of hydrogen-bond donors (Lipinski definition) is 0. The molecule has 1 aliphatic heterocycles. The molecule has 2 aromatic rings. The minimum Gasteiger partial charge on any atom is -0.338 e. The van der Waals surface area contributed by atoms with Gasteiger partial charge >= 0.3 is 0 Å². The van der Waals surface area contributed by atoms with Gasteiger partial charge in [0.15, 0.2) is 0 Å². The van der Waals surface area contributed by atoms with Gasteiger partial charge in [-0.15, -0.1) is 11.8 Å². The zero-order valence-corrected chi connectivity index (χ0v) is 16.5. The lowest BCUT2D eigenvalue weighted by molar-refractivity contribution is -0.134. The smallest absolute Gasteiger partial charge is 0.298 e. The van der Waals surface area contributed by atoms with Crippen LogP contribution in [0.2, 0.25) is 0 Å². The Morgan fingerprint density at radius 1 is 1.04 bits per heavy atom. The molecule has 3 rings (SSSR count). The van der Waals surface area contributed by atoms with Crippen molar-refractivity contribution in [3.05, 3.63) is 65.5 Å². The van der Waals surface area contributed by atoms with E-state index in [9.17, 15) is 14.0 Å². The predicted molar refractivity (Wildman–Crippen MR) is 108 cm³/mol. The fourth-order valence-corrected chi connectivity index (χ4v) is 3.66. The number of carbonyl (C=O) groups is 2. The first-order valence-corrected chi connectivity index (χ1v) is 10.0. The van der Waals surface area contributed by atoms with Crippen molar-refractivity contribution in [1.82, 2.24) is 9.80 Å². The van der Waals surface area contributed by atoms with Gasteiger partial charge in [-0.25, -0.2) is 4.39 Å². The van der Waals surface area contributed by atoms with E-state index in [0.29, 0.717) is 31.1 Å². The molecule has 1 fully saturated rings. The summed E-state index contributed by atoms with van der Waals surface area (Å²) in [5, 5.41) is 0. The maximum Gasteiger partial charge on any atom is 0.298 e. The number of hydrogen-bond acceptors (Lipinski definition) is 3. The highest BCUT2D eigenvalue weighted by molar-refractivity contribution is 8.00. The summed E-state index contributed by atoms with van der Waals surface area (Å²) in [7, 11) is 0. The highest BCUT2D eigenvalue weighted by Crippen LogP contribution is 2.23. The summed E-state index contributed by atoms with van der Waals surface area (Å²) in [5.41, 5.74) is 1.65. The number of rotatable bonds is 3. The van der Waals surface area contributed by atoms with Gasteiger partial charge in [0.25, 0.3) is 5.91 Å². The standard InChI is InChI=1S/C22H21FN2O2S/c1-17-7-9-20(19(23)15-17)28-16-22(27)25-13-11-24(12-14-25)21(26)10-8-18-5-3-2-4-6-18/h2-7,9,15H,11-14,16H2,1H3. The zero-order valence-electron chi connectivity index (χ0n) is 15.7. The monoisotopic (exact) mass is 396 g/mol. The molecule has 2 amide bonds. The van der Waals surface area contributed by atoms with Crippen molar-refractivity contribution >= 4 is 23.6 Å². The second kappa shape index (κ2) is 9.43. The fraction of sp³-hybridized carbons (Fsp3) is 0.273. The van der Waals surface area contributed by atoms with E-state index in [2.05, 4.69) is 11.8 Å². The van der Waals surface area contributed by atoms with Crippen LogP contribution in [0.5, 0.6) is 0 Å². The minimum atomic E-state index is -0.301. The molecule has 2 aromatic carbocycles. The molecule has 0 spiro atoms. The van der Waals surface area contributed by atoms with Crippen LogP contribution in [0, 0.1) is 24.6 Å². The Labute approximate surface area is 168 Å². The normalized spacial score (nSPS) is 13.6. The number of thioether (sulfide) groups is 1. The van der Waals surface area contributed by atoms with Crippen LogP contribution < -0.4 is 0 Å². The van der Waals surface area contributed by atoms with Crippen molar-refractivity contribution in [2.45, 2.75) is 11.8 Å². The molecule has 0 N–H and O–H groups in total. The lowest BCUT2D eigenvalue weighted by atomic mass is 10.2. The Balaban J connectivity index is 1.47. The molecule has 28 heavy (non-hydrogen) atoms. The number of piperazine rings is 1. The number of benzene rings is 2. The number of amides is 2. The molecule has 0 unspecified atom stereocenters. The summed E-state index contributed by atoms with van der Waals surface area (Å²) in [4.78, 5) is 28.5. The topological polar surface area (TPSA) is 40.6 Å². The van der Waals surface area contributed by atoms with Gasteiger partial charge in [-0.2, -0.15) is 0 Å². The van der Waals surface area contributed by atoms with Gasteiger partial charge in [0, 0.05) is 42.6 Å². The van der Waals surface area contributed by atoms with E-state index >= 15 is 0 Å². The van der Waals surface area contributed by atoms with Crippen LogP contribution in [0.1, 0.15) is 11.1 Å². The van der Waals surface area contributed by atoms with Gasteiger partial charge in [0.05, 0.1) is 5.75 Å². The molecule has 144 valence electrons. The van der Waals surface area contributed by atoms with Crippen LogP contribution in [0.15, 0.2) is 53.4 Å². The molecule has 1 aliphatic rings. The molecule has 1 heterocycles. The summed E-state index contributed by atoms with van der Waals surface area (Å²) in [6, 6.07) is 14.3. The van der Waals surface area contributed by atoms with Crippen LogP contribution in [0.3, 0.4) is 0 Å². The quantitative estimate of drug-likeness (QED) is 0.592. The molecular formula is C22H21FN2O2S. The van der Waals surface area contributed by atoms with Gasteiger partial charge in [-0.05, 0) is 36.8 Å². The lowest BCUT2D eigenvalue weighted by Gasteiger charge is -2.33. The van der Waals surface area contributed by atoms with Crippen LogP contribution in [0.25, 0.3) is 0 Å². The Morgan fingerprint density at radius 2 is 1.71 bits per heavy atom. The molecule has 0 atom stereocenters. The predicted octanol–water partition coefficient (Wildman–Crippen LogP) is 2.95. The average Bonchev–Trinajstić information content (AvgIpc) is 2.72. The fourth-order valence-electron chi connectivity index (χ4n) is 2.84. The van der Waals surface area contributed by atoms with Crippen molar-refractivity contribution in [3.63, 3.8) is 0 Å². The van der Waals surface area contributed by atoms with Crippen LogP contribution in [-0.2, 0) is 9.59 Å². The summed E-state index contributed by atoms with van der Waals surface area (Å²) < 4.78 is 13.9. The van der Waals surface area contributed by atoms with Crippen LogP contribution in [0.4, 0.5) is 4.39 Å². The van der Waals surface area contributed by atoms with E-state index in [1.807, 2.05) is 43.3 Å². The van der Waals surface area contributed by atoms with E-state index in [-0.39, 0.29) is 23.4 Å². The zero-order chi connectivity index (χ0) is 19.9.